The number of nitrogens with one attached hydrogen (secondary N) is 1. The number of carbonyl (C=O) groups is 2. The van der Waals surface area contributed by atoms with E-state index in [1.165, 1.54) is 44.8 Å². The Hall–Kier alpha value is -2.27. The number of anilines is 1. The lowest BCUT2D eigenvalue weighted by Crippen LogP contribution is -2.29. The zero-order chi connectivity index (χ0) is 24.3. The maximum Gasteiger partial charge on any atom is 0.256 e. The summed E-state index contributed by atoms with van der Waals surface area (Å²) in [5.41, 5.74) is 1.89. The van der Waals surface area contributed by atoms with Crippen molar-refractivity contribution in [2.75, 3.05) is 46.6 Å². The molecule has 1 N–H and O–H groups in total. The van der Waals surface area contributed by atoms with E-state index in [2.05, 4.69) is 10.2 Å². The van der Waals surface area contributed by atoms with Crippen LogP contribution < -0.4 is 5.32 Å². The molecule has 0 radical (unpaired) electrons. The minimum absolute atomic E-state index is 0.135. The summed E-state index contributed by atoms with van der Waals surface area (Å²) >= 11 is 1.43. The molecule has 8 nitrogen and oxygen atoms in total. The quantitative estimate of drug-likeness (QED) is 0.612. The van der Waals surface area contributed by atoms with Gasteiger partial charge in [-0.2, -0.15) is 0 Å². The van der Waals surface area contributed by atoms with Crippen LogP contribution in [0.25, 0.3) is 0 Å². The van der Waals surface area contributed by atoms with Crippen molar-refractivity contribution in [2.45, 2.75) is 37.6 Å². The summed E-state index contributed by atoms with van der Waals surface area (Å²) in [6.07, 6.45) is 2.44. The predicted octanol–water partition coefficient (Wildman–Crippen LogP) is 3.11. The molecule has 0 spiro atoms. The Morgan fingerprint density at radius 2 is 1.82 bits per heavy atom. The number of amides is 2. The average molecular weight is 493 g/mol. The molecule has 0 atom stereocenters. The van der Waals surface area contributed by atoms with Gasteiger partial charge in [-0.05, 0) is 49.7 Å². The summed E-state index contributed by atoms with van der Waals surface area (Å²) in [5.74, 6) is -0.512. The maximum atomic E-state index is 13.0. The van der Waals surface area contributed by atoms with Gasteiger partial charge in [-0.25, -0.2) is 12.7 Å². The molecule has 2 heterocycles. The number of thiophene rings is 1. The standard InChI is InChI=1S/C23H32N4O4S2/c1-6-7-13-27(5)33(30,31)17-10-8-16(9-11-17)21(28)24-22-20(23(29)25(2)3)18-12-14-26(4)15-19(18)32-22/h8-11H,6-7,12-15H2,1-5H3,(H,24,28). The molecule has 180 valence electrons. The van der Waals surface area contributed by atoms with Crippen LogP contribution >= 0.6 is 11.3 Å². The Labute approximate surface area is 200 Å². The van der Waals surface area contributed by atoms with Crippen LogP contribution in [0.2, 0.25) is 0 Å². The molecule has 2 amide bonds. The molecule has 10 heteroatoms. The largest absolute Gasteiger partial charge is 0.345 e. The van der Waals surface area contributed by atoms with Gasteiger partial charge in [-0.15, -0.1) is 11.3 Å². The Kier molecular flexibility index (Phi) is 7.94. The van der Waals surface area contributed by atoms with E-state index in [9.17, 15) is 18.0 Å². The fraction of sp³-hybridized carbons (Fsp3) is 0.478. The van der Waals surface area contributed by atoms with Gasteiger partial charge in [-0.1, -0.05) is 13.3 Å². The van der Waals surface area contributed by atoms with Gasteiger partial charge in [0.25, 0.3) is 11.8 Å². The predicted molar refractivity (Wildman–Crippen MR) is 131 cm³/mol. The van der Waals surface area contributed by atoms with E-state index in [1.54, 1.807) is 21.1 Å². The molecule has 2 aromatic rings. The molecule has 33 heavy (non-hydrogen) atoms. The zero-order valence-electron chi connectivity index (χ0n) is 19.8. The van der Waals surface area contributed by atoms with Crippen LogP contribution in [-0.2, 0) is 23.0 Å². The molecule has 1 aliphatic heterocycles. The smallest absolute Gasteiger partial charge is 0.256 e. The highest BCUT2D eigenvalue weighted by Crippen LogP contribution is 2.37. The Bertz CT molecular complexity index is 1120. The van der Waals surface area contributed by atoms with Crippen LogP contribution in [0, 0.1) is 0 Å². The van der Waals surface area contributed by atoms with E-state index in [4.69, 9.17) is 0 Å². The van der Waals surface area contributed by atoms with Crippen molar-refractivity contribution in [2.24, 2.45) is 0 Å². The topological polar surface area (TPSA) is 90.0 Å². The van der Waals surface area contributed by atoms with Gasteiger partial charge in [0.05, 0.1) is 10.5 Å². The van der Waals surface area contributed by atoms with Crippen LogP contribution in [-0.4, -0.2) is 75.6 Å². The summed E-state index contributed by atoms with van der Waals surface area (Å²) in [4.78, 5) is 30.8. The van der Waals surface area contributed by atoms with Crippen LogP contribution in [0.5, 0.6) is 0 Å². The van der Waals surface area contributed by atoms with E-state index in [0.29, 0.717) is 22.7 Å². The summed E-state index contributed by atoms with van der Waals surface area (Å²) in [7, 11) is 3.39. The number of hydrogen-bond donors (Lipinski definition) is 1. The molecule has 0 aliphatic carbocycles. The van der Waals surface area contributed by atoms with Crippen molar-refractivity contribution >= 4 is 38.2 Å². The molecule has 1 aromatic heterocycles. The second kappa shape index (κ2) is 10.3. The number of unbranched alkanes of at least 4 members (excludes halogenated alkanes) is 1. The summed E-state index contributed by atoms with van der Waals surface area (Å²) in [5, 5.41) is 3.43. The molecule has 0 saturated heterocycles. The van der Waals surface area contributed by atoms with Crippen LogP contribution in [0.15, 0.2) is 29.2 Å². The van der Waals surface area contributed by atoms with Gasteiger partial charge in [0.15, 0.2) is 0 Å². The number of likely N-dealkylation sites (N-methyl/N-ethyl adjacent to an activating group) is 1. The first-order valence-corrected chi connectivity index (χ1v) is 13.2. The Morgan fingerprint density at radius 1 is 1.15 bits per heavy atom. The minimum atomic E-state index is -3.60. The van der Waals surface area contributed by atoms with Gasteiger partial charge < -0.3 is 15.1 Å². The lowest BCUT2D eigenvalue weighted by atomic mass is 10.0. The first-order valence-electron chi connectivity index (χ1n) is 11.0. The van der Waals surface area contributed by atoms with E-state index in [1.807, 2.05) is 14.0 Å². The zero-order valence-corrected chi connectivity index (χ0v) is 21.5. The highest BCUT2D eigenvalue weighted by molar-refractivity contribution is 7.89. The maximum absolute atomic E-state index is 13.0. The lowest BCUT2D eigenvalue weighted by molar-refractivity contribution is 0.0827. The Balaban J connectivity index is 1.84. The first kappa shape index (κ1) is 25.4. The number of sulfonamides is 1. The van der Waals surface area contributed by atoms with E-state index < -0.39 is 10.0 Å². The van der Waals surface area contributed by atoms with E-state index in [0.717, 1.165) is 42.8 Å². The fourth-order valence-corrected chi connectivity index (χ4v) is 6.23. The SMILES string of the molecule is CCCCN(C)S(=O)(=O)c1ccc(C(=O)Nc2sc3c(c2C(=O)N(C)C)CCN(C)C3)cc1. The lowest BCUT2D eigenvalue weighted by Gasteiger charge is -2.23. The number of carbonyl (C=O) groups excluding carboxylic acids is 2. The van der Waals surface area contributed by atoms with Crippen molar-refractivity contribution in [3.05, 3.63) is 45.8 Å². The minimum Gasteiger partial charge on any atom is -0.345 e. The normalized spacial score (nSPS) is 14.2. The third-order valence-electron chi connectivity index (χ3n) is 5.75. The molecule has 0 saturated carbocycles. The van der Waals surface area contributed by atoms with Gasteiger partial charge in [-0.3, -0.25) is 9.59 Å². The highest BCUT2D eigenvalue weighted by atomic mass is 32.2. The van der Waals surface area contributed by atoms with Crippen LogP contribution in [0.3, 0.4) is 0 Å². The third-order valence-corrected chi connectivity index (χ3v) is 8.75. The molecule has 3 rings (SSSR count). The Morgan fingerprint density at radius 3 is 2.42 bits per heavy atom. The molecular formula is C23H32N4O4S2. The number of benzene rings is 1. The molecule has 0 unspecified atom stereocenters. The second-order valence-corrected chi connectivity index (χ2v) is 11.7. The first-order chi connectivity index (χ1) is 15.6. The number of nitrogens with zero attached hydrogens (tertiary/aromatic N) is 3. The highest BCUT2D eigenvalue weighted by Gasteiger charge is 2.29. The second-order valence-electron chi connectivity index (χ2n) is 8.55. The van der Waals surface area contributed by atoms with Gasteiger partial charge in [0.2, 0.25) is 10.0 Å². The van der Waals surface area contributed by atoms with Gasteiger partial charge in [0, 0.05) is 51.2 Å². The number of hydrogen-bond acceptors (Lipinski definition) is 6. The number of rotatable bonds is 8. The fourth-order valence-electron chi connectivity index (χ4n) is 3.70. The van der Waals surface area contributed by atoms with E-state index in [-0.39, 0.29) is 16.7 Å². The summed E-state index contributed by atoms with van der Waals surface area (Å²) < 4.78 is 26.8. The van der Waals surface area contributed by atoms with Crippen molar-refractivity contribution in [1.29, 1.82) is 0 Å². The molecule has 1 aliphatic rings. The van der Waals surface area contributed by atoms with Gasteiger partial charge in [0.1, 0.15) is 5.00 Å². The van der Waals surface area contributed by atoms with Crippen molar-refractivity contribution in [1.82, 2.24) is 14.1 Å². The molecular weight excluding hydrogens is 460 g/mol. The third kappa shape index (κ3) is 5.46. The van der Waals surface area contributed by atoms with Crippen LogP contribution in [0.1, 0.15) is 50.9 Å². The molecule has 0 bridgehead atoms. The average Bonchev–Trinajstić information content (AvgIpc) is 3.13. The number of fused-ring (bicyclic) bond motifs is 1. The van der Waals surface area contributed by atoms with Crippen LogP contribution in [0.4, 0.5) is 5.00 Å². The van der Waals surface area contributed by atoms with Gasteiger partial charge >= 0.3 is 0 Å². The molecule has 1 aromatic carbocycles. The monoisotopic (exact) mass is 492 g/mol. The van der Waals surface area contributed by atoms with E-state index >= 15 is 0 Å². The van der Waals surface area contributed by atoms with Crippen molar-refractivity contribution in [3.63, 3.8) is 0 Å². The van der Waals surface area contributed by atoms with Crippen molar-refractivity contribution in [3.8, 4) is 0 Å². The van der Waals surface area contributed by atoms with Crippen molar-refractivity contribution < 1.29 is 18.0 Å². The molecule has 0 fully saturated rings. The summed E-state index contributed by atoms with van der Waals surface area (Å²) in [6.45, 7) is 4.05. The summed E-state index contributed by atoms with van der Waals surface area (Å²) in [6, 6.07) is 5.91.